The third kappa shape index (κ3) is 4.84. The fourth-order valence-corrected chi connectivity index (χ4v) is 5.63. The summed E-state index contributed by atoms with van der Waals surface area (Å²) in [6, 6.07) is 13.9. The Hall–Kier alpha value is -2.38. The summed E-state index contributed by atoms with van der Waals surface area (Å²) in [5, 5.41) is 1.27. The molecule has 2 saturated heterocycles. The van der Waals surface area contributed by atoms with Gasteiger partial charge in [-0.3, -0.25) is 4.79 Å². The van der Waals surface area contributed by atoms with Crippen LogP contribution in [0.2, 0.25) is 0 Å². The number of piperidine rings is 2. The van der Waals surface area contributed by atoms with Gasteiger partial charge in [-0.15, -0.1) is 0 Å². The molecule has 2 aliphatic heterocycles. The zero-order chi connectivity index (χ0) is 21.0. The second kappa shape index (κ2) is 9.18. The number of aromatic nitrogens is 1. The lowest BCUT2D eigenvalue weighted by atomic mass is 9.95. The molecule has 160 valence electrons. The number of sulfonamides is 1. The molecule has 0 saturated carbocycles. The Bertz CT molecular complexity index is 954. The molecular weight excluding hydrogens is 398 g/mol. The Morgan fingerprint density at radius 2 is 1.50 bits per heavy atom. The van der Waals surface area contributed by atoms with E-state index < -0.39 is 10.0 Å². The molecule has 0 bridgehead atoms. The van der Waals surface area contributed by atoms with E-state index in [9.17, 15) is 13.2 Å². The largest absolute Gasteiger partial charge is 0.351 e. The van der Waals surface area contributed by atoms with Gasteiger partial charge in [-0.2, -0.15) is 4.31 Å². The van der Waals surface area contributed by atoms with Gasteiger partial charge in [-0.25, -0.2) is 8.42 Å². The van der Waals surface area contributed by atoms with Crippen LogP contribution in [-0.4, -0.2) is 54.3 Å². The molecule has 2 aliphatic rings. The topological polar surface area (TPSA) is 62.6 Å². The second-order valence-electron chi connectivity index (χ2n) is 8.12. The Balaban J connectivity index is 1.28. The summed E-state index contributed by atoms with van der Waals surface area (Å²) in [5.74, 6) is 0.121. The van der Waals surface area contributed by atoms with Crippen LogP contribution in [0.3, 0.4) is 0 Å². The first-order valence-electron chi connectivity index (χ1n) is 10.7. The number of hydrogen-bond acceptors (Lipinski definition) is 3. The van der Waals surface area contributed by atoms with Crippen molar-refractivity contribution in [3.8, 4) is 0 Å². The average molecular weight is 428 g/mol. The molecule has 0 atom stereocenters. The highest BCUT2D eigenvalue weighted by Gasteiger charge is 2.33. The van der Waals surface area contributed by atoms with Crippen LogP contribution in [0.15, 0.2) is 60.3 Å². The van der Waals surface area contributed by atoms with Crippen LogP contribution in [-0.2, 0) is 14.8 Å². The number of amides is 1. The van der Waals surface area contributed by atoms with Gasteiger partial charge in [0.1, 0.15) is 0 Å². The van der Waals surface area contributed by atoms with Gasteiger partial charge >= 0.3 is 0 Å². The Morgan fingerprint density at radius 1 is 0.867 bits per heavy atom. The maximum absolute atomic E-state index is 13.0. The van der Waals surface area contributed by atoms with Gasteiger partial charge in [-0.05, 0) is 49.5 Å². The maximum atomic E-state index is 13.0. The summed E-state index contributed by atoms with van der Waals surface area (Å²) in [6.07, 6.45) is 8.93. The monoisotopic (exact) mass is 427 g/mol. The number of nitrogens with zero attached hydrogens (tertiary/aromatic N) is 3. The molecular formula is C23H29N3O3S. The summed E-state index contributed by atoms with van der Waals surface area (Å²) in [7, 11) is -3.46. The Morgan fingerprint density at radius 3 is 2.13 bits per heavy atom. The van der Waals surface area contributed by atoms with E-state index in [4.69, 9.17) is 0 Å². The van der Waals surface area contributed by atoms with Crippen LogP contribution in [0.5, 0.6) is 0 Å². The van der Waals surface area contributed by atoms with Crippen LogP contribution < -0.4 is 0 Å². The predicted molar refractivity (Wildman–Crippen MR) is 118 cm³/mol. The molecule has 1 aromatic heterocycles. The normalized spacial score (nSPS) is 20.1. The van der Waals surface area contributed by atoms with Crippen molar-refractivity contribution in [3.05, 3.63) is 65.8 Å². The lowest BCUT2D eigenvalue weighted by molar-refractivity contribution is -0.138. The zero-order valence-electron chi connectivity index (χ0n) is 17.1. The smallest absolute Gasteiger partial charge is 0.236 e. The molecule has 2 fully saturated rings. The van der Waals surface area contributed by atoms with Gasteiger partial charge in [0.15, 0.2) is 0 Å². The van der Waals surface area contributed by atoms with Gasteiger partial charge in [-0.1, -0.05) is 30.3 Å². The minimum atomic E-state index is -3.46. The Labute approximate surface area is 178 Å². The maximum Gasteiger partial charge on any atom is 0.236 e. The van der Waals surface area contributed by atoms with Crippen molar-refractivity contribution in [1.29, 1.82) is 0 Å². The molecule has 3 heterocycles. The third-order valence-electron chi connectivity index (χ3n) is 6.22. The zero-order valence-corrected chi connectivity index (χ0v) is 18.0. The van der Waals surface area contributed by atoms with Crippen molar-refractivity contribution >= 4 is 22.0 Å². The summed E-state index contributed by atoms with van der Waals surface area (Å²) < 4.78 is 29.0. The molecule has 7 heteroatoms. The van der Waals surface area contributed by atoms with E-state index in [-0.39, 0.29) is 11.8 Å². The van der Waals surface area contributed by atoms with Crippen molar-refractivity contribution in [3.63, 3.8) is 0 Å². The third-order valence-corrected chi connectivity index (χ3v) is 7.79. The van der Waals surface area contributed by atoms with Crippen LogP contribution in [0.1, 0.15) is 37.3 Å². The molecule has 4 rings (SSSR count). The number of carbonyl (C=O) groups excluding carboxylic acids is 1. The van der Waals surface area contributed by atoms with E-state index in [1.54, 1.807) is 6.08 Å². The minimum absolute atomic E-state index is 0.0716. The summed E-state index contributed by atoms with van der Waals surface area (Å²) in [4.78, 5) is 14.9. The fraction of sp³-hybridized carbons (Fsp3) is 0.435. The van der Waals surface area contributed by atoms with Crippen molar-refractivity contribution in [1.82, 2.24) is 13.8 Å². The van der Waals surface area contributed by atoms with Gasteiger partial charge in [0.2, 0.25) is 15.9 Å². The average Bonchev–Trinajstić information content (AvgIpc) is 3.33. The molecule has 30 heavy (non-hydrogen) atoms. The molecule has 2 aromatic rings. The minimum Gasteiger partial charge on any atom is -0.351 e. The Kier molecular flexibility index (Phi) is 6.39. The van der Waals surface area contributed by atoms with E-state index in [1.165, 1.54) is 9.71 Å². The number of rotatable bonds is 5. The quantitative estimate of drug-likeness (QED) is 0.735. The van der Waals surface area contributed by atoms with E-state index in [2.05, 4.69) is 17.0 Å². The number of carbonyl (C=O) groups is 1. The summed E-state index contributed by atoms with van der Waals surface area (Å²) in [6.45, 7) is 2.36. The van der Waals surface area contributed by atoms with Crippen LogP contribution in [0.25, 0.3) is 6.08 Å². The van der Waals surface area contributed by atoms with Crippen molar-refractivity contribution in [2.45, 2.75) is 31.7 Å². The van der Waals surface area contributed by atoms with Gasteiger partial charge in [0.25, 0.3) is 0 Å². The fourth-order valence-electron chi connectivity index (χ4n) is 4.41. The lowest BCUT2D eigenvalue weighted by Crippen LogP contribution is -2.46. The van der Waals surface area contributed by atoms with Crippen LogP contribution in [0.4, 0.5) is 0 Å². The van der Waals surface area contributed by atoms with Crippen molar-refractivity contribution in [2.75, 3.05) is 26.2 Å². The summed E-state index contributed by atoms with van der Waals surface area (Å²) >= 11 is 0. The highest BCUT2D eigenvalue weighted by molar-refractivity contribution is 7.92. The number of benzene rings is 1. The molecule has 0 radical (unpaired) electrons. The van der Waals surface area contributed by atoms with Crippen molar-refractivity contribution in [2.24, 2.45) is 5.92 Å². The molecule has 1 amide bonds. The molecule has 1 aromatic carbocycles. The standard InChI is InChI=1S/C23H29N3O3S/c27-23(25-15-10-22(11-16-25)24-13-4-5-14-24)21-8-17-26(18-9-21)30(28,29)19-12-20-6-2-1-3-7-20/h1-7,12-14,19,21-22H,8-11,15-18H2/b19-12+. The van der Waals surface area contributed by atoms with E-state index in [1.807, 2.05) is 47.4 Å². The second-order valence-corrected chi connectivity index (χ2v) is 9.94. The van der Waals surface area contributed by atoms with E-state index >= 15 is 0 Å². The van der Waals surface area contributed by atoms with Crippen molar-refractivity contribution < 1.29 is 13.2 Å². The molecule has 0 aliphatic carbocycles. The van der Waals surface area contributed by atoms with Gasteiger partial charge in [0, 0.05) is 55.9 Å². The molecule has 0 N–H and O–H groups in total. The highest BCUT2D eigenvalue weighted by Crippen LogP contribution is 2.27. The predicted octanol–water partition coefficient (Wildman–Crippen LogP) is 3.36. The summed E-state index contributed by atoms with van der Waals surface area (Å²) in [5.41, 5.74) is 0.856. The first-order chi connectivity index (χ1) is 14.5. The number of hydrogen-bond donors (Lipinski definition) is 0. The highest BCUT2D eigenvalue weighted by atomic mass is 32.2. The molecule has 0 spiro atoms. The lowest BCUT2D eigenvalue weighted by Gasteiger charge is -2.37. The van der Waals surface area contributed by atoms with E-state index in [0.717, 1.165) is 31.5 Å². The van der Waals surface area contributed by atoms with Crippen LogP contribution in [0, 0.1) is 5.92 Å². The SMILES string of the molecule is O=C(C1CCN(S(=O)(=O)/C=C/c2ccccc2)CC1)N1CCC(n2cccc2)CC1. The molecule has 0 unspecified atom stereocenters. The van der Waals surface area contributed by atoms with Crippen LogP contribution >= 0.6 is 0 Å². The number of likely N-dealkylation sites (tertiary alicyclic amines) is 1. The van der Waals surface area contributed by atoms with Gasteiger partial charge < -0.3 is 9.47 Å². The first-order valence-corrected chi connectivity index (χ1v) is 12.2. The van der Waals surface area contributed by atoms with Gasteiger partial charge in [0.05, 0.1) is 0 Å². The van der Waals surface area contributed by atoms with E-state index in [0.29, 0.717) is 32.0 Å². The first kappa shape index (κ1) is 20.9. The molecule has 6 nitrogen and oxygen atoms in total.